The van der Waals surface area contributed by atoms with Crippen molar-refractivity contribution in [1.82, 2.24) is 14.2 Å². The Kier molecular flexibility index (Phi) is 9.80. The van der Waals surface area contributed by atoms with Crippen molar-refractivity contribution in [1.29, 1.82) is 0 Å². The number of anilines is 1. The molecule has 3 fully saturated rings. The van der Waals surface area contributed by atoms with E-state index in [4.69, 9.17) is 23.3 Å². The van der Waals surface area contributed by atoms with E-state index < -0.39 is 38.8 Å². The van der Waals surface area contributed by atoms with Crippen LogP contribution in [0, 0.1) is 6.92 Å². The molecule has 6 rings (SSSR count). The van der Waals surface area contributed by atoms with Gasteiger partial charge in [0.1, 0.15) is 30.2 Å². The molecular weight excluding hydrogens is 587 g/mol. The summed E-state index contributed by atoms with van der Waals surface area (Å²) in [7, 11) is 0.0773. The number of aliphatic hydroxyl groups is 1. The first-order chi connectivity index (χ1) is 21.5. The lowest BCUT2D eigenvalue weighted by Crippen LogP contribution is -2.40. The van der Waals surface area contributed by atoms with Gasteiger partial charge < -0.3 is 33.7 Å². The van der Waals surface area contributed by atoms with Crippen LogP contribution in [-0.4, -0.2) is 83.1 Å². The van der Waals surface area contributed by atoms with E-state index in [1.807, 2.05) is 24.3 Å². The molecule has 3 saturated heterocycles. The summed E-state index contributed by atoms with van der Waals surface area (Å²) in [5.41, 5.74) is 1.44. The minimum absolute atomic E-state index is 0.128. The van der Waals surface area contributed by atoms with Gasteiger partial charge >= 0.3 is 5.69 Å². The molecule has 3 aliphatic rings. The van der Waals surface area contributed by atoms with E-state index in [0.29, 0.717) is 17.7 Å². The standard InChI is InChI=1S/C31H37N4O8P/c1-20-18-34(31(38)33-28(20)32-29(37)22-12-7-4-8-13-22)30-27(40-17-16-39-2)26(24(19-36)41-30)43-44-35-15-9-14-23(35)25(42-44)21-10-5-3-6-11-21/h3-8,10-13,18,23-27,30,36H,9,14-17,19H2,1-2H3,(H,32,33,37,38)/t23-,24-,25+,26?,27+,30-,44+/m1/s1. The number of fused-ring (bicyclic) bond motifs is 1. The quantitative estimate of drug-likeness (QED) is 0.241. The maximum atomic E-state index is 13.4. The summed E-state index contributed by atoms with van der Waals surface area (Å²) in [6.07, 6.45) is 0.204. The summed E-state index contributed by atoms with van der Waals surface area (Å²) < 4.78 is 34.5. The number of ether oxygens (including phenoxy) is 3. The highest BCUT2D eigenvalue weighted by Crippen LogP contribution is 2.61. The second kappa shape index (κ2) is 13.9. The van der Waals surface area contributed by atoms with Crippen molar-refractivity contribution >= 4 is 20.3 Å². The van der Waals surface area contributed by atoms with Gasteiger partial charge in [-0.1, -0.05) is 48.5 Å². The van der Waals surface area contributed by atoms with Crippen LogP contribution in [0.4, 0.5) is 5.82 Å². The molecule has 13 heteroatoms. The summed E-state index contributed by atoms with van der Waals surface area (Å²) in [4.78, 5) is 30.3. The molecule has 3 aliphatic heterocycles. The SMILES string of the molecule is COCCO[C@H]1C(O[P@]2O[C@@H](c3ccccc3)[C@H]3CCCN32)[C@@H](CO)O[C@H]1n1cc(C)c(NC(=O)c2ccccc2)nc1=O. The molecule has 0 bridgehead atoms. The van der Waals surface area contributed by atoms with Gasteiger partial charge in [-0.25, -0.2) is 9.46 Å². The van der Waals surface area contributed by atoms with E-state index in [9.17, 15) is 14.7 Å². The molecule has 3 aromatic rings. The van der Waals surface area contributed by atoms with Crippen LogP contribution in [0.5, 0.6) is 0 Å². The predicted octanol–water partition coefficient (Wildman–Crippen LogP) is 3.57. The van der Waals surface area contributed by atoms with Gasteiger partial charge in [0.25, 0.3) is 14.4 Å². The highest BCUT2D eigenvalue weighted by Gasteiger charge is 2.53. The number of hydrogen-bond acceptors (Lipinski definition) is 10. The molecule has 2 N–H and O–H groups in total. The predicted molar refractivity (Wildman–Crippen MR) is 162 cm³/mol. The highest BCUT2D eigenvalue weighted by atomic mass is 31.2. The normalized spacial score (nSPS) is 28.3. The summed E-state index contributed by atoms with van der Waals surface area (Å²) in [6.45, 7) is 2.75. The van der Waals surface area contributed by atoms with Crippen molar-refractivity contribution < 1.29 is 33.2 Å². The molecular formula is C31H37N4O8P. The number of benzene rings is 2. The van der Waals surface area contributed by atoms with E-state index in [1.165, 1.54) is 4.57 Å². The largest absolute Gasteiger partial charge is 0.394 e. The smallest absolute Gasteiger partial charge is 0.351 e. The van der Waals surface area contributed by atoms with Gasteiger partial charge in [-0.2, -0.15) is 4.98 Å². The Morgan fingerprint density at radius 2 is 1.86 bits per heavy atom. The highest BCUT2D eigenvalue weighted by molar-refractivity contribution is 7.45. The Labute approximate surface area is 256 Å². The Morgan fingerprint density at radius 3 is 2.59 bits per heavy atom. The molecule has 2 aromatic carbocycles. The van der Waals surface area contributed by atoms with Crippen molar-refractivity contribution in [2.45, 2.75) is 56.5 Å². The van der Waals surface area contributed by atoms with Gasteiger partial charge in [-0.3, -0.25) is 9.36 Å². The summed E-state index contributed by atoms with van der Waals surface area (Å²) >= 11 is 0. The monoisotopic (exact) mass is 624 g/mol. The van der Waals surface area contributed by atoms with Gasteiger partial charge in [0.15, 0.2) is 6.23 Å². The number of rotatable bonds is 11. The first-order valence-corrected chi connectivity index (χ1v) is 15.9. The molecule has 4 heterocycles. The van der Waals surface area contributed by atoms with Gasteiger partial charge in [0, 0.05) is 37.0 Å². The number of amides is 1. The Balaban J connectivity index is 1.25. The molecule has 1 amide bonds. The molecule has 1 unspecified atom stereocenters. The number of aryl methyl sites for hydroxylation is 1. The van der Waals surface area contributed by atoms with Gasteiger partial charge in [0.2, 0.25) is 0 Å². The number of methoxy groups -OCH3 is 1. The first-order valence-electron chi connectivity index (χ1n) is 14.8. The molecule has 0 saturated carbocycles. The van der Waals surface area contributed by atoms with Crippen molar-refractivity contribution in [3.63, 3.8) is 0 Å². The second-order valence-electron chi connectivity index (χ2n) is 11.0. The molecule has 234 valence electrons. The minimum atomic E-state index is -1.50. The number of carbonyl (C=O) groups is 1. The van der Waals surface area contributed by atoms with Crippen LogP contribution in [0.15, 0.2) is 71.7 Å². The fourth-order valence-electron chi connectivity index (χ4n) is 5.93. The van der Waals surface area contributed by atoms with Crippen molar-refractivity contribution in [3.8, 4) is 0 Å². The molecule has 0 aliphatic carbocycles. The van der Waals surface area contributed by atoms with Crippen molar-refractivity contribution in [2.75, 3.05) is 38.8 Å². The zero-order chi connectivity index (χ0) is 30.6. The minimum Gasteiger partial charge on any atom is -0.394 e. The summed E-state index contributed by atoms with van der Waals surface area (Å²) in [5.74, 6) is -0.228. The van der Waals surface area contributed by atoms with Crippen LogP contribution in [0.25, 0.3) is 0 Å². The van der Waals surface area contributed by atoms with Crippen LogP contribution >= 0.6 is 8.53 Å². The van der Waals surface area contributed by atoms with E-state index in [-0.39, 0.29) is 37.1 Å². The molecule has 1 aromatic heterocycles. The van der Waals surface area contributed by atoms with E-state index >= 15 is 0 Å². The number of carbonyl (C=O) groups excluding carboxylic acids is 1. The zero-order valence-corrected chi connectivity index (χ0v) is 25.5. The number of hydrogen-bond donors (Lipinski definition) is 2. The van der Waals surface area contributed by atoms with Crippen molar-refractivity contribution in [3.05, 3.63) is 94.0 Å². The number of nitrogens with zero attached hydrogens (tertiary/aromatic N) is 3. The maximum Gasteiger partial charge on any atom is 0.351 e. The third kappa shape index (κ3) is 6.35. The van der Waals surface area contributed by atoms with E-state index in [2.05, 4.69) is 27.1 Å². The molecule has 12 nitrogen and oxygen atoms in total. The summed E-state index contributed by atoms with van der Waals surface area (Å²) in [6, 6.07) is 19.0. The first kappa shape index (κ1) is 30.9. The fraction of sp³-hybridized carbons (Fsp3) is 0.452. The molecule has 7 atom stereocenters. The lowest BCUT2D eigenvalue weighted by Gasteiger charge is -2.29. The van der Waals surface area contributed by atoms with Crippen molar-refractivity contribution in [2.24, 2.45) is 0 Å². The third-order valence-electron chi connectivity index (χ3n) is 8.11. The number of nitrogens with one attached hydrogen (secondary N) is 1. The van der Waals surface area contributed by atoms with Gasteiger partial charge in [-0.15, -0.1) is 0 Å². The fourth-order valence-corrected chi connectivity index (χ4v) is 7.92. The van der Waals surface area contributed by atoms with E-state index in [1.54, 1.807) is 44.5 Å². The molecule has 0 radical (unpaired) electrons. The average Bonchev–Trinajstić information content (AvgIpc) is 3.75. The second-order valence-corrected chi connectivity index (χ2v) is 12.4. The number of aliphatic hydroxyl groups excluding tert-OH is 1. The average molecular weight is 625 g/mol. The Hall–Kier alpha value is -3.06. The number of aromatic nitrogens is 2. The molecule has 0 spiro atoms. The van der Waals surface area contributed by atoms with Crippen LogP contribution < -0.4 is 11.0 Å². The van der Waals surface area contributed by atoms with E-state index in [0.717, 1.165) is 24.9 Å². The zero-order valence-electron chi connectivity index (χ0n) is 24.7. The topological polar surface area (TPSA) is 134 Å². The maximum absolute atomic E-state index is 13.4. The molecule has 44 heavy (non-hydrogen) atoms. The Morgan fingerprint density at radius 1 is 1.11 bits per heavy atom. The Bertz CT molecular complexity index is 1480. The van der Waals surface area contributed by atoms with Gasteiger partial charge in [-0.05, 0) is 37.5 Å². The van der Waals surface area contributed by atoms with Crippen LogP contribution in [0.1, 0.15) is 46.7 Å². The van der Waals surface area contributed by atoms with Crippen LogP contribution in [-0.2, 0) is 23.3 Å². The summed E-state index contributed by atoms with van der Waals surface area (Å²) in [5, 5.41) is 13.1. The lowest BCUT2D eigenvalue weighted by molar-refractivity contribution is -0.0811. The third-order valence-corrected chi connectivity index (χ3v) is 9.86. The van der Waals surface area contributed by atoms with Crippen LogP contribution in [0.3, 0.4) is 0 Å². The van der Waals surface area contributed by atoms with Gasteiger partial charge in [0.05, 0.1) is 19.8 Å². The van der Waals surface area contributed by atoms with Crippen LogP contribution in [0.2, 0.25) is 0 Å². The lowest BCUT2D eigenvalue weighted by atomic mass is 10.0.